The van der Waals surface area contributed by atoms with Gasteiger partial charge in [0.1, 0.15) is 5.75 Å². The second-order valence-corrected chi connectivity index (χ2v) is 7.15. The molecule has 0 N–H and O–H groups in total. The molecule has 5 nitrogen and oxygen atoms in total. The fourth-order valence-corrected chi connectivity index (χ4v) is 3.62. The molecule has 0 fully saturated rings. The number of para-hydroxylation sites is 1. The van der Waals surface area contributed by atoms with Crippen molar-refractivity contribution in [3.63, 3.8) is 0 Å². The zero-order chi connectivity index (χ0) is 18.8. The van der Waals surface area contributed by atoms with Crippen molar-refractivity contribution in [1.82, 2.24) is 14.6 Å². The summed E-state index contributed by atoms with van der Waals surface area (Å²) in [6.45, 7) is 0. The van der Waals surface area contributed by atoms with E-state index in [2.05, 4.69) is 10.1 Å². The molecule has 134 valence electrons. The van der Waals surface area contributed by atoms with Crippen LogP contribution in [0.25, 0.3) is 23.2 Å². The Bertz CT molecular complexity index is 1240. The van der Waals surface area contributed by atoms with E-state index in [0.717, 1.165) is 11.1 Å². The van der Waals surface area contributed by atoms with Crippen molar-refractivity contribution in [2.45, 2.75) is 0 Å². The second-order valence-electron chi connectivity index (χ2n) is 5.71. The number of aromatic nitrogens is 3. The minimum Gasteiger partial charge on any atom is -0.496 e. The Morgan fingerprint density at radius 3 is 2.63 bits per heavy atom. The van der Waals surface area contributed by atoms with Crippen molar-refractivity contribution in [3.05, 3.63) is 85.4 Å². The molecule has 2 aromatic heterocycles. The molecule has 7 heteroatoms. The van der Waals surface area contributed by atoms with E-state index in [0.29, 0.717) is 26.1 Å². The van der Waals surface area contributed by atoms with E-state index in [1.54, 1.807) is 19.3 Å². The van der Waals surface area contributed by atoms with E-state index >= 15 is 0 Å². The summed E-state index contributed by atoms with van der Waals surface area (Å²) < 4.78 is 7.21. The van der Waals surface area contributed by atoms with E-state index in [1.165, 1.54) is 15.9 Å². The minimum atomic E-state index is -0.195. The van der Waals surface area contributed by atoms with Gasteiger partial charge in [-0.15, -0.1) is 5.10 Å². The van der Waals surface area contributed by atoms with Crippen LogP contribution in [0.4, 0.5) is 0 Å². The van der Waals surface area contributed by atoms with Gasteiger partial charge in [-0.05, 0) is 35.9 Å². The minimum absolute atomic E-state index is 0.195. The number of methoxy groups -OCH3 is 1. The van der Waals surface area contributed by atoms with Crippen LogP contribution in [0.3, 0.4) is 0 Å². The van der Waals surface area contributed by atoms with Crippen LogP contribution in [-0.2, 0) is 0 Å². The predicted octanol–water partition coefficient (Wildman–Crippen LogP) is 3.53. The summed E-state index contributed by atoms with van der Waals surface area (Å²) in [7, 11) is 1.60. The van der Waals surface area contributed by atoms with Crippen molar-refractivity contribution < 1.29 is 4.74 Å². The summed E-state index contributed by atoms with van der Waals surface area (Å²) in [6, 6.07) is 15.0. The lowest BCUT2D eigenvalue weighted by Gasteiger charge is -2.02. The van der Waals surface area contributed by atoms with Crippen molar-refractivity contribution in [3.8, 4) is 5.75 Å². The van der Waals surface area contributed by atoms with Crippen molar-refractivity contribution in [2.75, 3.05) is 7.11 Å². The maximum Gasteiger partial charge on any atom is 0.291 e. The average molecular weight is 396 g/mol. The molecule has 0 saturated carbocycles. The highest BCUT2D eigenvalue weighted by molar-refractivity contribution is 7.15. The zero-order valence-corrected chi connectivity index (χ0v) is 15.9. The van der Waals surface area contributed by atoms with Crippen LogP contribution < -0.4 is 14.8 Å². The van der Waals surface area contributed by atoms with E-state index in [1.807, 2.05) is 54.6 Å². The summed E-state index contributed by atoms with van der Waals surface area (Å²) in [5, 5.41) is 4.97. The number of ether oxygens (including phenoxy) is 1. The number of benzene rings is 2. The van der Waals surface area contributed by atoms with Gasteiger partial charge in [-0.25, -0.2) is 0 Å². The Kier molecular flexibility index (Phi) is 4.75. The first-order valence-electron chi connectivity index (χ1n) is 8.12. The molecule has 0 radical (unpaired) electrons. The smallest absolute Gasteiger partial charge is 0.291 e. The number of hydrogen-bond donors (Lipinski definition) is 0. The third kappa shape index (κ3) is 3.63. The fourth-order valence-electron chi connectivity index (χ4n) is 2.59. The van der Waals surface area contributed by atoms with Gasteiger partial charge in [0.15, 0.2) is 5.82 Å². The van der Waals surface area contributed by atoms with E-state index in [9.17, 15) is 4.79 Å². The number of rotatable bonds is 4. The lowest BCUT2D eigenvalue weighted by molar-refractivity contribution is 0.414. The molecule has 0 spiro atoms. The van der Waals surface area contributed by atoms with E-state index in [-0.39, 0.29) is 5.56 Å². The van der Waals surface area contributed by atoms with Crippen LogP contribution >= 0.6 is 22.9 Å². The first kappa shape index (κ1) is 17.5. The molecular weight excluding hydrogens is 382 g/mol. The molecule has 0 aliphatic rings. The van der Waals surface area contributed by atoms with Gasteiger partial charge in [0.05, 0.1) is 11.6 Å². The predicted molar refractivity (Wildman–Crippen MR) is 109 cm³/mol. The van der Waals surface area contributed by atoms with Gasteiger partial charge in [-0.3, -0.25) is 4.79 Å². The summed E-state index contributed by atoms with van der Waals surface area (Å²) in [4.78, 5) is 17.6. The largest absolute Gasteiger partial charge is 0.496 e. The van der Waals surface area contributed by atoms with Crippen LogP contribution in [-0.4, -0.2) is 21.7 Å². The van der Waals surface area contributed by atoms with Gasteiger partial charge in [-0.1, -0.05) is 59.3 Å². The highest BCUT2D eigenvalue weighted by Gasteiger charge is 2.09. The number of nitrogens with zero attached hydrogens (tertiary/aromatic N) is 3. The van der Waals surface area contributed by atoms with Crippen molar-refractivity contribution >= 4 is 46.1 Å². The van der Waals surface area contributed by atoms with E-state index < -0.39 is 0 Å². The summed E-state index contributed by atoms with van der Waals surface area (Å²) >= 11 is 7.18. The molecule has 27 heavy (non-hydrogen) atoms. The average Bonchev–Trinajstić information content (AvgIpc) is 3.21. The van der Waals surface area contributed by atoms with Gasteiger partial charge in [0, 0.05) is 10.6 Å². The number of hydrogen-bond acceptors (Lipinski definition) is 5. The monoisotopic (exact) mass is 395 g/mol. The first-order valence-corrected chi connectivity index (χ1v) is 9.31. The van der Waals surface area contributed by atoms with Crippen LogP contribution in [0.1, 0.15) is 17.0 Å². The Morgan fingerprint density at radius 1 is 1.11 bits per heavy atom. The second kappa shape index (κ2) is 7.34. The first-order chi connectivity index (χ1) is 13.1. The molecule has 0 atom stereocenters. The third-order valence-corrected chi connectivity index (χ3v) is 5.13. The lowest BCUT2D eigenvalue weighted by Crippen LogP contribution is -2.23. The summed E-state index contributed by atoms with van der Waals surface area (Å²) in [5.41, 5.74) is 1.62. The van der Waals surface area contributed by atoms with Crippen LogP contribution in [0.5, 0.6) is 5.75 Å². The summed E-state index contributed by atoms with van der Waals surface area (Å²) in [5.74, 6) is 1.19. The fraction of sp³-hybridized carbons (Fsp3) is 0.0500. The molecule has 2 aromatic carbocycles. The Morgan fingerprint density at radius 2 is 1.89 bits per heavy atom. The molecule has 0 saturated heterocycles. The molecule has 0 amide bonds. The quantitative estimate of drug-likeness (QED) is 0.530. The zero-order valence-electron chi connectivity index (χ0n) is 14.3. The molecule has 4 rings (SSSR count). The van der Waals surface area contributed by atoms with Gasteiger partial charge in [0.25, 0.3) is 5.56 Å². The number of fused-ring (bicyclic) bond motifs is 1. The molecule has 0 bridgehead atoms. The summed E-state index contributed by atoms with van der Waals surface area (Å²) in [6.07, 6.45) is 5.44. The molecule has 0 aliphatic heterocycles. The maximum absolute atomic E-state index is 12.6. The topological polar surface area (TPSA) is 56.5 Å². The van der Waals surface area contributed by atoms with Gasteiger partial charge >= 0.3 is 0 Å². The van der Waals surface area contributed by atoms with Gasteiger partial charge < -0.3 is 4.74 Å². The Balaban J connectivity index is 1.68. The Labute approximate surface area is 163 Å². The highest BCUT2D eigenvalue weighted by atomic mass is 35.5. The van der Waals surface area contributed by atoms with Crippen molar-refractivity contribution in [2.24, 2.45) is 0 Å². The molecule has 2 heterocycles. The Hall–Kier alpha value is -2.96. The van der Waals surface area contributed by atoms with Crippen LogP contribution in [0, 0.1) is 0 Å². The maximum atomic E-state index is 12.6. The molecule has 0 unspecified atom stereocenters. The number of halogens is 1. The van der Waals surface area contributed by atoms with Crippen LogP contribution in [0.2, 0.25) is 5.02 Å². The van der Waals surface area contributed by atoms with Crippen molar-refractivity contribution in [1.29, 1.82) is 0 Å². The molecule has 0 aliphatic carbocycles. The SMILES string of the molecule is COc1ccccc1C=c1sc2nc(C=Cc3ccc(Cl)cc3)nn2c1=O. The van der Waals surface area contributed by atoms with Gasteiger partial charge in [0.2, 0.25) is 4.96 Å². The normalized spacial score (nSPS) is 12.3. The highest BCUT2D eigenvalue weighted by Crippen LogP contribution is 2.18. The lowest BCUT2D eigenvalue weighted by atomic mass is 10.2. The standard InChI is InChI=1S/C20H14ClN3O2S/c1-26-16-5-3-2-4-14(16)12-17-19(25)24-20(27-17)22-18(23-24)11-8-13-6-9-15(21)10-7-13/h2-12H,1H3. The molecular formula is C20H14ClN3O2S. The van der Waals surface area contributed by atoms with Gasteiger partial charge in [-0.2, -0.15) is 9.50 Å². The van der Waals surface area contributed by atoms with Crippen LogP contribution in [0.15, 0.2) is 53.3 Å². The molecule has 4 aromatic rings. The number of thiazole rings is 1. The van der Waals surface area contributed by atoms with E-state index in [4.69, 9.17) is 16.3 Å². The third-order valence-electron chi connectivity index (χ3n) is 3.92.